The number of alkyl carbamates (subject to hydrolysis) is 1. The van der Waals surface area contributed by atoms with Crippen molar-refractivity contribution in [2.24, 2.45) is 5.92 Å². The first-order chi connectivity index (χ1) is 29.4. The van der Waals surface area contributed by atoms with Gasteiger partial charge in [0, 0.05) is 25.0 Å². The van der Waals surface area contributed by atoms with Crippen LogP contribution in [-0.4, -0.2) is 83.6 Å². The number of nitrogens with one attached hydrogen (secondary N) is 4. The first kappa shape index (κ1) is 41.3. The van der Waals surface area contributed by atoms with E-state index in [4.69, 9.17) is 9.72 Å². The highest BCUT2D eigenvalue weighted by molar-refractivity contribution is 5.87. The first-order valence-electron chi connectivity index (χ1n) is 21.4. The second-order valence-corrected chi connectivity index (χ2v) is 17.4. The molecule has 61 heavy (non-hydrogen) atoms. The maximum atomic E-state index is 13.8. The summed E-state index contributed by atoms with van der Waals surface area (Å²) in [5.74, 6) is 1.30. The van der Waals surface area contributed by atoms with Gasteiger partial charge in [0.1, 0.15) is 23.3 Å². The van der Waals surface area contributed by atoms with Gasteiger partial charge in [0.15, 0.2) is 0 Å². The van der Waals surface area contributed by atoms with Crippen molar-refractivity contribution in [2.45, 2.75) is 102 Å². The molecular weight excluding hydrogens is 773 g/mol. The van der Waals surface area contributed by atoms with Gasteiger partial charge >= 0.3 is 12.2 Å². The zero-order valence-corrected chi connectivity index (χ0v) is 34.9. The molecule has 0 spiro atoms. The van der Waals surface area contributed by atoms with E-state index in [0.717, 1.165) is 90.8 Å². The smallest absolute Gasteiger partial charge is 0.407 e. The molecule has 3 fully saturated rings. The summed E-state index contributed by atoms with van der Waals surface area (Å²) in [7, 11) is 0. The SMILES string of the molecule is CC(C)(C)OC(=O)NC1CCC(C(=O)N2CCC[C@H]2c2ncc(-c3ccc(-c4ccc(-c5cnc([C@@H]6CCCN6C(=O)[C@H](NC(=O)O)c6ccccc6)[nH]5)cc4)cc3)[nH]2)CC1. The van der Waals surface area contributed by atoms with Gasteiger partial charge in [-0.2, -0.15) is 0 Å². The van der Waals surface area contributed by atoms with E-state index in [-0.39, 0.29) is 35.9 Å². The molecule has 2 saturated heterocycles. The third kappa shape index (κ3) is 9.48. The topological polar surface area (TPSA) is 186 Å². The van der Waals surface area contributed by atoms with E-state index in [1.54, 1.807) is 35.4 Å². The number of benzene rings is 3. The predicted molar refractivity (Wildman–Crippen MR) is 230 cm³/mol. The predicted octanol–water partition coefficient (Wildman–Crippen LogP) is 8.55. The lowest BCUT2D eigenvalue weighted by atomic mass is 9.85. The molecule has 8 rings (SSSR count). The van der Waals surface area contributed by atoms with Gasteiger partial charge in [0.05, 0.1) is 35.9 Å². The number of hydrogen-bond acceptors (Lipinski definition) is 7. The van der Waals surface area contributed by atoms with E-state index in [9.17, 15) is 24.3 Å². The first-order valence-corrected chi connectivity index (χ1v) is 21.4. The Balaban J connectivity index is 0.873. The normalized spacial score (nSPS) is 20.9. The Morgan fingerprint density at radius 2 is 1.21 bits per heavy atom. The molecule has 14 heteroatoms. The molecule has 2 aromatic heterocycles. The Morgan fingerprint density at radius 3 is 1.74 bits per heavy atom. The fourth-order valence-electron chi connectivity index (χ4n) is 9.04. The van der Waals surface area contributed by atoms with Gasteiger partial charge < -0.3 is 40.2 Å². The van der Waals surface area contributed by atoms with Gasteiger partial charge in [0.25, 0.3) is 5.91 Å². The van der Waals surface area contributed by atoms with Gasteiger partial charge in [-0.25, -0.2) is 19.6 Å². The highest BCUT2D eigenvalue weighted by Gasteiger charge is 2.39. The van der Waals surface area contributed by atoms with E-state index < -0.39 is 23.8 Å². The van der Waals surface area contributed by atoms with Crippen molar-refractivity contribution in [3.63, 3.8) is 0 Å². The fourth-order valence-corrected chi connectivity index (χ4v) is 9.04. The number of hydrogen-bond donors (Lipinski definition) is 5. The number of aromatic amines is 2. The van der Waals surface area contributed by atoms with Crippen molar-refractivity contribution in [1.82, 2.24) is 40.4 Å². The maximum absolute atomic E-state index is 13.8. The molecule has 4 heterocycles. The second kappa shape index (κ2) is 17.6. The number of aromatic nitrogens is 4. The lowest BCUT2D eigenvalue weighted by molar-refractivity contribution is -0.138. The van der Waals surface area contributed by atoms with Gasteiger partial charge in [-0.05, 0) is 100.0 Å². The largest absolute Gasteiger partial charge is 0.465 e. The standard InChI is InChI=1S/C47H54N8O6/c1-47(2,3)61-46(60)50-35-23-21-34(22-24-35)43(56)54-25-7-11-38(54)41-48-27-36(51-41)31-17-13-29(14-18-31)30-15-19-32(20-16-30)37-28-49-42(52-37)39-12-8-26-55(39)44(57)40(53-45(58)59)33-9-5-4-6-10-33/h4-6,9-10,13-20,27-28,34-35,38-40,53H,7-8,11-12,21-26H2,1-3H3,(H,48,51)(H,49,52)(H,50,60)(H,58,59)/t34?,35?,38-,39-,40+/m0/s1. The summed E-state index contributed by atoms with van der Waals surface area (Å²) in [5.41, 5.74) is 5.85. The van der Waals surface area contributed by atoms with E-state index >= 15 is 0 Å². The van der Waals surface area contributed by atoms with Crippen molar-refractivity contribution in [1.29, 1.82) is 0 Å². The third-order valence-corrected chi connectivity index (χ3v) is 12.1. The quantitative estimate of drug-likeness (QED) is 0.0927. The van der Waals surface area contributed by atoms with Crippen molar-refractivity contribution < 1.29 is 29.0 Å². The highest BCUT2D eigenvalue weighted by atomic mass is 16.6. The Kier molecular flexibility index (Phi) is 12.0. The van der Waals surface area contributed by atoms with Crippen LogP contribution in [0, 0.1) is 5.92 Å². The molecule has 1 saturated carbocycles. The van der Waals surface area contributed by atoms with Gasteiger partial charge in [-0.15, -0.1) is 0 Å². The maximum Gasteiger partial charge on any atom is 0.407 e. The van der Waals surface area contributed by atoms with Crippen LogP contribution in [0.3, 0.4) is 0 Å². The van der Waals surface area contributed by atoms with E-state index in [0.29, 0.717) is 24.5 Å². The van der Waals surface area contributed by atoms with Crippen molar-refractivity contribution in [3.05, 3.63) is 108 Å². The number of carbonyl (C=O) groups is 4. The number of imidazole rings is 2. The number of amides is 4. The molecule has 0 radical (unpaired) electrons. The van der Waals surface area contributed by atoms with Crippen molar-refractivity contribution >= 4 is 24.0 Å². The van der Waals surface area contributed by atoms with Crippen molar-refractivity contribution in [2.75, 3.05) is 13.1 Å². The number of carbonyl (C=O) groups excluding carboxylic acids is 3. The fraction of sp³-hybridized carbons (Fsp3) is 0.404. The van der Waals surface area contributed by atoms with Crippen LogP contribution < -0.4 is 10.6 Å². The van der Waals surface area contributed by atoms with Crippen LogP contribution in [0.2, 0.25) is 0 Å². The molecule has 1 aliphatic carbocycles. The van der Waals surface area contributed by atoms with Gasteiger partial charge in [-0.1, -0.05) is 78.9 Å². The van der Waals surface area contributed by atoms with Crippen molar-refractivity contribution in [3.8, 4) is 33.6 Å². The average Bonchev–Trinajstić information content (AvgIpc) is 4.10. The molecular formula is C47H54N8O6. The molecule has 3 aromatic carbocycles. The lowest BCUT2D eigenvalue weighted by Crippen LogP contribution is -2.43. The van der Waals surface area contributed by atoms with E-state index in [1.807, 2.05) is 50.1 Å². The highest BCUT2D eigenvalue weighted by Crippen LogP contribution is 2.37. The zero-order chi connectivity index (χ0) is 42.7. The Hall–Kier alpha value is -6.44. The average molecular weight is 827 g/mol. The summed E-state index contributed by atoms with van der Waals surface area (Å²) in [4.78, 5) is 71.5. The van der Waals surface area contributed by atoms with Crippen LogP contribution in [0.1, 0.15) is 107 Å². The molecule has 0 unspecified atom stereocenters. The molecule has 318 valence electrons. The minimum absolute atomic E-state index is 0.0184. The zero-order valence-electron chi connectivity index (χ0n) is 34.9. The van der Waals surface area contributed by atoms with Crippen LogP contribution in [0.25, 0.3) is 33.6 Å². The van der Waals surface area contributed by atoms with Crippen LogP contribution in [0.5, 0.6) is 0 Å². The van der Waals surface area contributed by atoms with E-state index in [2.05, 4.69) is 62.0 Å². The third-order valence-electron chi connectivity index (χ3n) is 12.1. The Labute approximate surface area is 355 Å². The molecule has 3 atom stereocenters. The lowest BCUT2D eigenvalue weighted by Gasteiger charge is -2.33. The van der Waals surface area contributed by atoms with Crippen LogP contribution in [0.4, 0.5) is 9.59 Å². The number of carboxylic acid groups (broad SMARTS) is 1. The number of nitrogens with zero attached hydrogens (tertiary/aromatic N) is 4. The number of likely N-dealkylation sites (tertiary alicyclic amines) is 2. The molecule has 5 N–H and O–H groups in total. The monoisotopic (exact) mass is 826 g/mol. The van der Waals surface area contributed by atoms with Crippen LogP contribution >= 0.6 is 0 Å². The number of H-pyrrole nitrogens is 2. The molecule has 14 nitrogen and oxygen atoms in total. The summed E-state index contributed by atoms with van der Waals surface area (Å²) in [6.45, 7) is 6.78. The molecule has 2 aliphatic heterocycles. The van der Waals surface area contributed by atoms with Gasteiger partial charge in [0.2, 0.25) is 5.91 Å². The number of rotatable bonds is 10. The summed E-state index contributed by atoms with van der Waals surface area (Å²) in [6.07, 6.45) is 8.26. The van der Waals surface area contributed by atoms with Crippen LogP contribution in [-0.2, 0) is 14.3 Å². The molecule has 3 aliphatic rings. The minimum Gasteiger partial charge on any atom is -0.465 e. The molecule has 4 amide bonds. The Bertz CT molecular complexity index is 2330. The Morgan fingerprint density at radius 1 is 0.705 bits per heavy atom. The van der Waals surface area contributed by atoms with Gasteiger partial charge in [-0.3, -0.25) is 9.59 Å². The summed E-state index contributed by atoms with van der Waals surface area (Å²) in [5, 5.41) is 14.9. The van der Waals surface area contributed by atoms with Crippen LogP contribution in [0.15, 0.2) is 91.3 Å². The summed E-state index contributed by atoms with van der Waals surface area (Å²) < 4.78 is 5.42. The summed E-state index contributed by atoms with van der Waals surface area (Å²) in [6, 6.07) is 24.1. The molecule has 5 aromatic rings. The van der Waals surface area contributed by atoms with E-state index in [1.165, 1.54) is 0 Å². The number of ether oxygens (including phenoxy) is 1. The second-order valence-electron chi connectivity index (χ2n) is 17.4. The summed E-state index contributed by atoms with van der Waals surface area (Å²) >= 11 is 0. The molecule has 0 bridgehead atoms. The minimum atomic E-state index is -1.26.